The maximum Gasteiger partial charge on any atom is 0.410 e. The molecule has 64 heavy (non-hydrogen) atoms. The lowest BCUT2D eigenvalue weighted by molar-refractivity contribution is -0.144. The number of anilines is 1. The quantitative estimate of drug-likeness (QED) is 0.0845. The predicted molar refractivity (Wildman–Crippen MR) is 251 cm³/mol. The number of carboxylic acid groups (broad SMARTS) is 1. The molecule has 1 aliphatic heterocycles. The number of ether oxygens (including phenoxy) is 3. The Morgan fingerprint density at radius 3 is 2.09 bits per heavy atom. The van der Waals surface area contributed by atoms with E-state index in [-0.39, 0.29) is 66.8 Å². The lowest BCUT2D eigenvalue weighted by atomic mass is 9.88. The molecule has 4 N–H and O–H groups in total. The summed E-state index contributed by atoms with van der Waals surface area (Å²) < 4.78 is 17.9. The fourth-order valence-electron chi connectivity index (χ4n) is 9.37. The van der Waals surface area contributed by atoms with Gasteiger partial charge in [-0.25, -0.2) is 9.59 Å². The van der Waals surface area contributed by atoms with Crippen LogP contribution in [0.15, 0.2) is 48.1 Å². The number of methoxy groups -OCH3 is 2. The van der Waals surface area contributed by atoms with Crippen molar-refractivity contribution < 1.29 is 43.3 Å². The summed E-state index contributed by atoms with van der Waals surface area (Å²) in [4.78, 5) is 73.3. The van der Waals surface area contributed by atoms with Crippen LogP contribution >= 0.6 is 0 Å². The van der Waals surface area contributed by atoms with Crippen molar-refractivity contribution in [1.29, 1.82) is 0 Å². The molecule has 360 valence electrons. The first kappa shape index (κ1) is 53.9. The van der Waals surface area contributed by atoms with Gasteiger partial charge >= 0.3 is 12.1 Å². The highest BCUT2D eigenvalue weighted by Crippen LogP contribution is 2.32. The van der Waals surface area contributed by atoms with E-state index in [1.54, 1.807) is 33.1 Å². The Balaban J connectivity index is 1.75. The number of likely N-dealkylation sites (N-methyl/N-ethyl adjacent to an activating group) is 2. The smallest absolute Gasteiger partial charge is 0.410 e. The molecule has 1 heterocycles. The Morgan fingerprint density at radius 2 is 1.56 bits per heavy atom. The molecule has 0 radical (unpaired) electrons. The number of hydrogen-bond acceptors (Lipinski definition) is 10. The number of aliphatic carboxylic acids is 1. The van der Waals surface area contributed by atoms with Crippen molar-refractivity contribution >= 4 is 35.5 Å². The van der Waals surface area contributed by atoms with E-state index in [0.717, 1.165) is 55.5 Å². The summed E-state index contributed by atoms with van der Waals surface area (Å²) in [7, 11) is 8.40. The van der Waals surface area contributed by atoms with Crippen LogP contribution in [0, 0.1) is 23.7 Å². The fraction of sp³-hybridized carbons (Fsp3) is 0.694. The molecule has 3 rings (SSSR count). The topological polar surface area (TPSA) is 179 Å². The number of hydrogen-bond donors (Lipinski definition) is 4. The number of carbonyl (C=O) groups is 5. The van der Waals surface area contributed by atoms with E-state index in [0.29, 0.717) is 6.42 Å². The minimum Gasteiger partial charge on any atom is -0.480 e. The van der Waals surface area contributed by atoms with Gasteiger partial charge in [-0.15, -0.1) is 0 Å². The second-order valence-electron chi connectivity index (χ2n) is 18.5. The number of rotatable bonds is 25. The number of carbonyl (C=O) groups excluding carboxylic acids is 4. The molecule has 4 amide bonds. The highest BCUT2D eigenvalue weighted by molar-refractivity contribution is 5.91. The van der Waals surface area contributed by atoms with E-state index in [4.69, 9.17) is 14.2 Å². The number of nitrogens with one attached hydrogen (secondary N) is 3. The Labute approximate surface area is 383 Å². The molecule has 0 spiro atoms. The third kappa shape index (κ3) is 14.5. The van der Waals surface area contributed by atoms with Crippen LogP contribution in [-0.4, -0.2) is 140 Å². The Morgan fingerprint density at radius 1 is 0.891 bits per heavy atom. The normalized spacial score (nSPS) is 19.6. The third-order valence-corrected chi connectivity index (χ3v) is 13.3. The first-order chi connectivity index (χ1) is 30.3. The first-order valence-electron chi connectivity index (χ1n) is 23.2. The number of nitrogens with zero attached hydrogens (tertiary/aromatic N) is 3. The van der Waals surface area contributed by atoms with Gasteiger partial charge in [0.05, 0.1) is 24.2 Å². The summed E-state index contributed by atoms with van der Waals surface area (Å²) >= 11 is 0. The molecule has 0 saturated carbocycles. The van der Waals surface area contributed by atoms with Crippen molar-refractivity contribution in [3.05, 3.63) is 53.6 Å². The fourth-order valence-corrected chi connectivity index (χ4v) is 9.37. The van der Waals surface area contributed by atoms with Crippen molar-refractivity contribution in [1.82, 2.24) is 25.3 Å². The average molecular weight is 897 g/mol. The molecule has 2 aliphatic rings. The monoisotopic (exact) mass is 897 g/mol. The molecule has 15 heteroatoms. The van der Waals surface area contributed by atoms with E-state index in [9.17, 15) is 29.1 Å². The summed E-state index contributed by atoms with van der Waals surface area (Å²) in [5, 5.41) is 18.9. The first-order valence-corrected chi connectivity index (χ1v) is 23.2. The van der Waals surface area contributed by atoms with Gasteiger partial charge in [0.1, 0.15) is 24.7 Å². The highest BCUT2D eigenvalue weighted by atomic mass is 16.6. The van der Waals surface area contributed by atoms with Crippen molar-refractivity contribution in [3.8, 4) is 0 Å². The van der Waals surface area contributed by atoms with Crippen molar-refractivity contribution in [2.75, 3.05) is 47.2 Å². The minimum absolute atomic E-state index is 0.0280. The number of benzene rings is 1. The van der Waals surface area contributed by atoms with Gasteiger partial charge in [0, 0.05) is 59.6 Å². The van der Waals surface area contributed by atoms with Gasteiger partial charge in [-0.05, 0) is 86.6 Å². The number of likely N-dealkylation sites (tertiary alicyclic amines) is 1. The van der Waals surface area contributed by atoms with Crippen molar-refractivity contribution in [2.24, 2.45) is 23.7 Å². The number of carboxylic acids is 1. The van der Waals surface area contributed by atoms with Crippen molar-refractivity contribution in [3.63, 3.8) is 0 Å². The van der Waals surface area contributed by atoms with E-state index < -0.39 is 48.1 Å². The molecule has 10 atom stereocenters. The van der Waals surface area contributed by atoms with Crippen LogP contribution in [0.4, 0.5) is 10.5 Å². The lowest BCUT2D eigenvalue weighted by Crippen LogP contribution is -2.60. The maximum absolute atomic E-state index is 14.6. The Bertz CT molecular complexity index is 1730. The van der Waals surface area contributed by atoms with Crippen LogP contribution in [0.2, 0.25) is 0 Å². The highest BCUT2D eigenvalue weighted by Gasteiger charge is 2.43. The molecular weight excluding hydrogens is 817 g/mol. The summed E-state index contributed by atoms with van der Waals surface area (Å²) in [6.07, 6.45) is 9.46. The van der Waals surface area contributed by atoms with Gasteiger partial charge in [0.2, 0.25) is 17.7 Å². The largest absolute Gasteiger partial charge is 0.480 e. The van der Waals surface area contributed by atoms with Crippen LogP contribution in [0.3, 0.4) is 0 Å². The van der Waals surface area contributed by atoms with Crippen molar-refractivity contribution in [2.45, 2.75) is 155 Å². The summed E-state index contributed by atoms with van der Waals surface area (Å²) in [6, 6.07) is 4.18. The summed E-state index contributed by atoms with van der Waals surface area (Å²) in [6.45, 7) is 16.4. The van der Waals surface area contributed by atoms with Gasteiger partial charge in [-0.1, -0.05) is 85.2 Å². The Hall–Kier alpha value is -4.47. The molecule has 1 aliphatic carbocycles. The molecule has 8 unspecified atom stereocenters. The predicted octanol–water partition coefficient (Wildman–Crippen LogP) is 6.48. The van der Waals surface area contributed by atoms with Crippen LogP contribution in [0.5, 0.6) is 0 Å². The van der Waals surface area contributed by atoms with Crippen LogP contribution in [0.1, 0.15) is 106 Å². The van der Waals surface area contributed by atoms with E-state index in [2.05, 4.69) is 41.6 Å². The van der Waals surface area contributed by atoms with Crippen LogP contribution < -0.4 is 16.0 Å². The van der Waals surface area contributed by atoms with E-state index in [1.165, 1.54) is 11.9 Å². The maximum atomic E-state index is 14.6. The SMILES string of the molecule is CCC(C)C(C(CC(C)N1CCCC1C(OC)[C@@H](C)C(=O)NC(CC1=CCCC=C1)C(=O)O)OC)N(C)C(=O)[C@@H](NC(=O)C(C(C)C)N(C)C(=O)OCc1ccc(NC)cc1)C(C)C. The molecular formula is C49H80N6O9. The van der Waals surface area contributed by atoms with Gasteiger partial charge in [0.25, 0.3) is 0 Å². The molecule has 1 aromatic carbocycles. The molecule has 0 bridgehead atoms. The second kappa shape index (κ2) is 25.9. The molecule has 15 nitrogen and oxygen atoms in total. The average Bonchev–Trinajstić information content (AvgIpc) is 3.76. The minimum atomic E-state index is -1.08. The summed E-state index contributed by atoms with van der Waals surface area (Å²) in [5.74, 6) is -3.30. The van der Waals surface area contributed by atoms with Gasteiger partial charge < -0.3 is 40.2 Å². The third-order valence-electron chi connectivity index (χ3n) is 13.3. The van der Waals surface area contributed by atoms with Crippen LogP contribution in [0.25, 0.3) is 0 Å². The van der Waals surface area contributed by atoms with Gasteiger partial charge in [0.15, 0.2) is 0 Å². The number of allylic oxidation sites excluding steroid dienone is 3. The standard InChI is InChI=1S/C49H80N6O9/c1-14-32(6)43(53(10)47(58)41(30(2)3)52-46(57)42(31(4)5)54(11)49(61)64-29-36-22-24-37(50-9)25-23-36)40(62-12)27-33(7)55-26-18-21-39(55)44(63-13)34(8)45(56)51-38(48(59)60)28-35-19-16-15-17-20-35/h16,19-20,22-25,30-34,38-44,50H,14-15,17-18,21,26-29H2,1-13H3,(H,51,56)(H,52,57)(H,59,60)/t32?,33?,34-,38?,39?,40?,41+,42?,43?,44?/m1/s1. The summed E-state index contributed by atoms with van der Waals surface area (Å²) in [5.41, 5.74) is 2.64. The molecule has 1 saturated heterocycles. The molecule has 1 aromatic rings. The zero-order valence-electron chi connectivity index (χ0n) is 40.9. The Kier molecular flexibility index (Phi) is 21.8. The van der Waals surface area contributed by atoms with E-state index in [1.807, 2.05) is 77.2 Å². The molecule has 1 fully saturated rings. The van der Waals surface area contributed by atoms with Crippen LogP contribution in [-0.2, 0) is 40.0 Å². The zero-order valence-corrected chi connectivity index (χ0v) is 40.9. The lowest BCUT2D eigenvalue weighted by Gasteiger charge is -2.43. The van der Waals surface area contributed by atoms with Gasteiger partial charge in [-0.2, -0.15) is 0 Å². The number of amides is 4. The second-order valence-corrected chi connectivity index (χ2v) is 18.5. The van der Waals surface area contributed by atoms with Gasteiger partial charge in [-0.3, -0.25) is 24.2 Å². The molecule has 0 aromatic heterocycles. The van der Waals surface area contributed by atoms with E-state index >= 15 is 0 Å². The zero-order chi connectivity index (χ0) is 47.8.